The van der Waals surface area contributed by atoms with Crippen molar-refractivity contribution < 1.29 is 48.5 Å². The van der Waals surface area contributed by atoms with Gasteiger partial charge in [-0.2, -0.15) is 23.5 Å². The van der Waals surface area contributed by atoms with Crippen LogP contribution < -0.4 is 21.7 Å². The number of hydrazine groups is 2. The second-order valence-corrected chi connectivity index (χ2v) is 19.7. The van der Waals surface area contributed by atoms with Crippen molar-refractivity contribution in [2.75, 3.05) is 36.2 Å². The molecule has 2 rings (SSSR count). The molecule has 0 spiro atoms. The first-order valence-corrected chi connectivity index (χ1v) is 27.6. The number of hydrogen-bond donors (Lipinski definition) is 6. The quantitative estimate of drug-likeness (QED) is 0.0210. The minimum atomic E-state index is -0.571. The van der Waals surface area contributed by atoms with E-state index in [0.717, 1.165) is 101 Å². The lowest BCUT2D eigenvalue weighted by Crippen LogP contribution is -2.41. The number of aromatic hydroxyl groups is 2. The molecule has 2 aromatic carbocycles. The Labute approximate surface area is 414 Å². The highest BCUT2D eigenvalue weighted by Crippen LogP contribution is 2.22. The van der Waals surface area contributed by atoms with Gasteiger partial charge in [0.25, 0.3) is 11.8 Å². The molecule has 2 aromatic rings. The van der Waals surface area contributed by atoms with E-state index in [1.54, 1.807) is 12.1 Å². The third-order valence-corrected chi connectivity index (χ3v) is 13.3. The molecule has 0 heterocycles. The van der Waals surface area contributed by atoms with Crippen molar-refractivity contribution in [1.82, 2.24) is 21.7 Å². The third-order valence-electron chi connectivity index (χ3n) is 11.3. The van der Waals surface area contributed by atoms with Gasteiger partial charge in [0.05, 0.1) is 37.2 Å². The summed E-state index contributed by atoms with van der Waals surface area (Å²) in [5.41, 5.74) is 11.8. The summed E-state index contributed by atoms with van der Waals surface area (Å²) >= 11 is 2.93. The van der Waals surface area contributed by atoms with Crippen LogP contribution in [0.1, 0.15) is 200 Å². The Balaban J connectivity index is 1.36. The van der Waals surface area contributed by atoms with Crippen LogP contribution in [0.4, 0.5) is 0 Å². The SMILES string of the molecule is CCCCCCCCc1ccc(O)c(C(=O)NNC(=O)CCSCCC(=O)OCCCCCCCCCCOC(=O)CCSCCC(=O)NNC(=O)c2cc(CCCCCCCC)ccc2O)c1. The molecule has 0 bridgehead atoms. The topological polar surface area (TPSA) is 209 Å². The first kappa shape index (κ1) is 59.7. The number of hydrogen-bond acceptors (Lipinski definition) is 12. The first-order valence-electron chi connectivity index (χ1n) is 25.3. The van der Waals surface area contributed by atoms with Gasteiger partial charge in [0, 0.05) is 35.9 Å². The molecule has 0 saturated carbocycles. The molecule has 16 heteroatoms. The van der Waals surface area contributed by atoms with Crippen molar-refractivity contribution in [2.45, 2.75) is 181 Å². The largest absolute Gasteiger partial charge is 0.507 e. The predicted octanol–water partition coefficient (Wildman–Crippen LogP) is 10.4. The van der Waals surface area contributed by atoms with E-state index in [9.17, 15) is 39.0 Å². The van der Waals surface area contributed by atoms with Crippen LogP contribution in [-0.2, 0) is 41.5 Å². The van der Waals surface area contributed by atoms with Crippen molar-refractivity contribution in [3.05, 3.63) is 58.7 Å². The Morgan fingerprint density at radius 1 is 0.441 bits per heavy atom. The summed E-state index contributed by atoms with van der Waals surface area (Å²) in [4.78, 5) is 73.9. The van der Waals surface area contributed by atoms with Gasteiger partial charge in [-0.3, -0.25) is 50.5 Å². The highest BCUT2D eigenvalue weighted by molar-refractivity contribution is 7.99. The van der Waals surface area contributed by atoms with Gasteiger partial charge in [0.1, 0.15) is 11.5 Å². The normalized spacial score (nSPS) is 10.9. The summed E-state index contributed by atoms with van der Waals surface area (Å²) in [6, 6.07) is 10.0. The maximum absolute atomic E-state index is 12.6. The fraction of sp³-hybridized carbons (Fsp3) is 0.654. The van der Waals surface area contributed by atoms with E-state index < -0.39 is 11.8 Å². The molecule has 14 nitrogen and oxygen atoms in total. The van der Waals surface area contributed by atoms with E-state index in [1.165, 1.54) is 87.0 Å². The van der Waals surface area contributed by atoms with Crippen LogP contribution in [0.5, 0.6) is 11.5 Å². The highest BCUT2D eigenvalue weighted by Gasteiger charge is 2.15. The number of benzene rings is 2. The van der Waals surface area contributed by atoms with E-state index in [1.807, 2.05) is 12.1 Å². The summed E-state index contributed by atoms with van der Waals surface area (Å²) < 4.78 is 10.7. The number of carbonyl (C=O) groups excluding carboxylic acids is 6. The van der Waals surface area contributed by atoms with Crippen molar-refractivity contribution in [1.29, 1.82) is 0 Å². The van der Waals surface area contributed by atoms with Gasteiger partial charge in [-0.25, -0.2) is 0 Å². The van der Waals surface area contributed by atoms with Crippen LogP contribution in [0.3, 0.4) is 0 Å². The van der Waals surface area contributed by atoms with Gasteiger partial charge in [-0.05, 0) is 73.9 Å². The van der Waals surface area contributed by atoms with E-state index in [-0.39, 0.29) is 72.1 Å². The lowest BCUT2D eigenvalue weighted by Gasteiger charge is -2.10. The third kappa shape index (κ3) is 30.1. The lowest BCUT2D eigenvalue weighted by molar-refractivity contribution is -0.144. The maximum Gasteiger partial charge on any atom is 0.306 e. The van der Waals surface area contributed by atoms with Crippen molar-refractivity contribution in [3.63, 3.8) is 0 Å². The number of thioether (sulfide) groups is 2. The number of carbonyl (C=O) groups is 6. The standard InChI is InChI=1S/C52H82N4O10S2/c1-3-5-7-9-15-19-23-41-25-27-45(57)43(39-41)51(63)55-53-47(59)29-35-67-37-31-49(61)65-33-21-17-13-11-12-14-18-22-34-66-50(62)32-38-68-36-30-48(60)54-56-52(64)44-40-42(26-28-46(44)58)24-20-16-10-8-6-4-2/h25-28,39-40,57-58H,3-24,29-38H2,1-2H3,(H,53,59)(H,54,60)(H,55,63)(H,56,64). The fourth-order valence-electron chi connectivity index (χ4n) is 7.20. The van der Waals surface area contributed by atoms with Gasteiger partial charge < -0.3 is 19.7 Å². The number of amides is 4. The molecule has 0 atom stereocenters. The summed E-state index contributed by atoms with van der Waals surface area (Å²) in [5.74, 6) is -0.604. The Morgan fingerprint density at radius 3 is 1.16 bits per heavy atom. The van der Waals surface area contributed by atoms with Gasteiger partial charge in [-0.15, -0.1) is 0 Å². The second-order valence-electron chi connectivity index (χ2n) is 17.2. The molecular weight excluding hydrogens is 905 g/mol. The number of phenols is 2. The molecule has 68 heavy (non-hydrogen) atoms. The van der Waals surface area contributed by atoms with Gasteiger partial charge in [-0.1, -0.05) is 129 Å². The van der Waals surface area contributed by atoms with Crippen molar-refractivity contribution >= 4 is 59.1 Å². The number of ether oxygens (including phenoxy) is 2. The van der Waals surface area contributed by atoms with E-state index in [4.69, 9.17) is 9.47 Å². The lowest BCUT2D eigenvalue weighted by atomic mass is 10.0. The van der Waals surface area contributed by atoms with Crippen molar-refractivity contribution in [3.8, 4) is 11.5 Å². The van der Waals surface area contributed by atoms with Crippen molar-refractivity contribution in [2.24, 2.45) is 0 Å². The molecule has 0 aromatic heterocycles. The van der Waals surface area contributed by atoms with Crippen LogP contribution in [0.25, 0.3) is 0 Å². The average Bonchev–Trinajstić information content (AvgIpc) is 3.33. The van der Waals surface area contributed by atoms with E-state index in [0.29, 0.717) is 36.2 Å². The molecule has 0 aliphatic carbocycles. The number of aryl methyl sites for hydroxylation is 2. The van der Waals surface area contributed by atoms with E-state index >= 15 is 0 Å². The first-order chi connectivity index (χ1) is 33.0. The maximum atomic E-state index is 12.6. The molecule has 0 radical (unpaired) electrons. The monoisotopic (exact) mass is 987 g/mol. The zero-order valence-electron chi connectivity index (χ0n) is 41.1. The molecule has 0 unspecified atom stereocenters. The summed E-state index contributed by atoms with van der Waals surface area (Å²) in [6.07, 6.45) is 24.5. The molecule has 6 N–H and O–H groups in total. The molecule has 0 aliphatic rings. The van der Waals surface area contributed by atoms with Crippen LogP contribution in [-0.4, -0.2) is 82.0 Å². The number of esters is 2. The van der Waals surface area contributed by atoms with Gasteiger partial charge in [0.2, 0.25) is 11.8 Å². The minimum Gasteiger partial charge on any atom is -0.507 e. The smallest absolute Gasteiger partial charge is 0.306 e. The number of rotatable bonds is 39. The fourth-order valence-corrected chi connectivity index (χ4v) is 8.89. The number of phenolic OH excluding ortho intramolecular Hbond substituents is 2. The van der Waals surface area contributed by atoms with Gasteiger partial charge >= 0.3 is 11.9 Å². The molecule has 0 fully saturated rings. The van der Waals surface area contributed by atoms with Crippen LogP contribution in [0, 0.1) is 0 Å². The molecule has 0 saturated heterocycles. The van der Waals surface area contributed by atoms with Crippen LogP contribution in [0.2, 0.25) is 0 Å². The number of unbranched alkanes of at least 4 members (excludes halogenated alkanes) is 17. The summed E-state index contributed by atoms with van der Waals surface area (Å²) in [6.45, 7) is 5.17. The Kier molecular flexibility index (Phi) is 34.6. The molecule has 0 aliphatic heterocycles. The zero-order valence-corrected chi connectivity index (χ0v) is 42.7. The van der Waals surface area contributed by atoms with Gasteiger partial charge in [0.15, 0.2) is 0 Å². The molecular formula is C52H82N4O10S2. The minimum absolute atomic E-state index is 0.126. The second kappa shape index (κ2) is 39.4. The number of nitrogens with one attached hydrogen (secondary N) is 4. The van der Waals surface area contributed by atoms with Crippen LogP contribution >= 0.6 is 23.5 Å². The zero-order chi connectivity index (χ0) is 49.5. The van der Waals surface area contributed by atoms with E-state index in [2.05, 4.69) is 35.6 Å². The predicted molar refractivity (Wildman–Crippen MR) is 274 cm³/mol. The Bertz CT molecular complexity index is 1640. The highest BCUT2D eigenvalue weighted by atomic mass is 32.2. The van der Waals surface area contributed by atoms with Crippen LogP contribution in [0.15, 0.2) is 36.4 Å². The summed E-state index contributed by atoms with van der Waals surface area (Å²) in [5, 5.41) is 20.4. The molecule has 382 valence electrons. The average molecular weight is 987 g/mol. The Hall–Kier alpha value is -4.44. The molecule has 4 amide bonds. The Morgan fingerprint density at radius 2 is 0.779 bits per heavy atom. The summed E-state index contributed by atoms with van der Waals surface area (Å²) in [7, 11) is 0.